The summed E-state index contributed by atoms with van der Waals surface area (Å²) in [7, 11) is 0. The van der Waals surface area contributed by atoms with Crippen molar-refractivity contribution >= 4 is 29.1 Å². The highest BCUT2D eigenvalue weighted by atomic mass is 35.5. The molecule has 0 aliphatic carbocycles. The number of rotatable bonds is 6. The van der Waals surface area contributed by atoms with Crippen LogP contribution in [0.3, 0.4) is 0 Å². The highest BCUT2D eigenvalue weighted by molar-refractivity contribution is 6.35. The molecule has 0 fully saturated rings. The number of carbonyl (C=O) groups is 1. The number of benzene rings is 1. The third-order valence-corrected chi connectivity index (χ3v) is 2.97. The zero-order valence-electron chi connectivity index (χ0n) is 9.70. The number of aliphatic hydroxyl groups excluding tert-OH is 2. The lowest BCUT2D eigenvalue weighted by atomic mass is 10.1. The Bertz CT molecular complexity index is 412. The van der Waals surface area contributed by atoms with Gasteiger partial charge in [-0.05, 0) is 24.1 Å². The average molecular weight is 292 g/mol. The van der Waals surface area contributed by atoms with Crippen LogP contribution in [0.2, 0.25) is 10.0 Å². The first-order valence-electron chi connectivity index (χ1n) is 5.52. The van der Waals surface area contributed by atoms with E-state index in [9.17, 15) is 4.79 Å². The highest BCUT2D eigenvalue weighted by Crippen LogP contribution is 2.21. The van der Waals surface area contributed by atoms with Crippen LogP contribution < -0.4 is 5.32 Å². The van der Waals surface area contributed by atoms with Gasteiger partial charge in [0.15, 0.2) is 0 Å². The molecule has 0 aliphatic heterocycles. The fourth-order valence-electron chi connectivity index (χ4n) is 1.36. The summed E-state index contributed by atoms with van der Waals surface area (Å²) in [6.45, 7) is -0.326. The van der Waals surface area contributed by atoms with E-state index in [2.05, 4.69) is 5.32 Å². The van der Waals surface area contributed by atoms with Crippen LogP contribution in [0.4, 0.5) is 0 Å². The predicted octanol–water partition coefficient (Wildman–Crippen LogP) is 1.40. The van der Waals surface area contributed by atoms with Crippen LogP contribution >= 0.6 is 23.2 Å². The van der Waals surface area contributed by atoms with Crippen LogP contribution in [-0.2, 0) is 11.2 Å². The molecular weight excluding hydrogens is 277 g/mol. The summed E-state index contributed by atoms with van der Waals surface area (Å²) in [6, 6.07) is 5.13. The molecule has 1 aromatic carbocycles. The van der Waals surface area contributed by atoms with Crippen molar-refractivity contribution in [1.29, 1.82) is 0 Å². The van der Waals surface area contributed by atoms with Crippen LogP contribution in [0.15, 0.2) is 18.2 Å². The Morgan fingerprint density at radius 1 is 1.39 bits per heavy atom. The lowest BCUT2D eigenvalue weighted by Crippen LogP contribution is -2.33. The summed E-state index contributed by atoms with van der Waals surface area (Å²) in [4.78, 5) is 11.4. The lowest BCUT2D eigenvalue weighted by Gasteiger charge is -2.09. The monoisotopic (exact) mass is 291 g/mol. The van der Waals surface area contributed by atoms with Gasteiger partial charge in [0, 0.05) is 23.0 Å². The van der Waals surface area contributed by atoms with Crippen molar-refractivity contribution in [2.24, 2.45) is 0 Å². The fourth-order valence-corrected chi connectivity index (χ4v) is 1.86. The van der Waals surface area contributed by atoms with E-state index in [-0.39, 0.29) is 25.5 Å². The highest BCUT2D eigenvalue weighted by Gasteiger charge is 2.07. The molecule has 18 heavy (non-hydrogen) atoms. The summed E-state index contributed by atoms with van der Waals surface area (Å²) >= 11 is 11.7. The maximum absolute atomic E-state index is 11.4. The van der Waals surface area contributed by atoms with Crippen LogP contribution in [-0.4, -0.2) is 35.4 Å². The third kappa shape index (κ3) is 5.23. The van der Waals surface area contributed by atoms with Gasteiger partial charge in [-0.25, -0.2) is 0 Å². The molecule has 0 saturated heterocycles. The lowest BCUT2D eigenvalue weighted by molar-refractivity contribution is -0.121. The number of aryl methyl sites for hydroxylation is 1. The normalized spacial score (nSPS) is 12.2. The molecule has 4 nitrogen and oxygen atoms in total. The smallest absolute Gasteiger partial charge is 0.220 e. The van der Waals surface area contributed by atoms with E-state index in [0.717, 1.165) is 5.56 Å². The van der Waals surface area contributed by atoms with Crippen molar-refractivity contribution in [3.8, 4) is 0 Å². The van der Waals surface area contributed by atoms with Gasteiger partial charge in [0.05, 0.1) is 12.7 Å². The van der Waals surface area contributed by atoms with E-state index in [1.54, 1.807) is 18.2 Å². The molecule has 0 spiro atoms. The molecule has 1 amide bonds. The van der Waals surface area contributed by atoms with Gasteiger partial charge in [-0.2, -0.15) is 0 Å². The van der Waals surface area contributed by atoms with Crippen molar-refractivity contribution in [2.75, 3.05) is 13.2 Å². The van der Waals surface area contributed by atoms with Crippen molar-refractivity contribution < 1.29 is 15.0 Å². The first-order chi connectivity index (χ1) is 8.52. The molecule has 0 aromatic heterocycles. The van der Waals surface area contributed by atoms with Gasteiger partial charge in [-0.3, -0.25) is 4.79 Å². The minimum Gasteiger partial charge on any atom is -0.394 e. The third-order valence-electron chi connectivity index (χ3n) is 2.38. The number of carbonyl (C=O) groups excluding carboxylic acids is 1. The molecule has 1 aromatic rings. The van der Waals surface area contributed by atoms with Gasteiger partial charge in [-0.1, -0.05) is 29.3 Å². The SMILES string of the molecule is O=C(CCc1ccc(Cl)cc1Cl)NCC(O)CO. The molecule has 0 heterocycles. The molecule has 100 valence electrons. The largest absolute Gasteiger partial charge is 0.394 e. The van der Waals surface area contributed by atoms with Crippen molar-refractivity contribution in [3.05, 3.63) is 33.8 Å². The van der Waals surface area contributed by atoms with E-state index in [4.69, 9.17) is 33.4 Å². The summed E-state index contributed by atoms with van der Waals surface area (Å²) in [6.07, 6.45) is -0.163. The molecule has 0 saturated carbocycles. The standard InChI is InChI=1S/C12H15Cl2NO3/c13-9-3-1-8(11(14)5-9)2-4-12(18)15-6-10(17)7-16/h1,3,5,10,16-17H,2,4,6-7H2,(H,15,18). The number of halogens is 2. The van der Waals surface area contributed by atoms with E-state index in [1.807, 2.05) is 0 Å². The van der Waals surface area contributed by atoms with Crippen LogP contribution in [0.5, 0.6) is 0 Å². The molecule has 1 atom stereocenters. The second-order valence-corrected chi connectivity index (χ2v) is 4.72. The first-order valence-corrected chi connectivity index (χ1v) is 6.28. The van der Waals surface area contributed by atoms with Gasteiger partial charge in [0.2, 0.25) is 5.91 Å². The Morgan fingerprint density at radius 3 is 2.72 bits per heavy atom. The van der Waals surface area contributed by atoms with Gasteiger partial charge in [-0.15, -0.1) is 0 Å². The Hall–Kier alpha value is -0.810. The maximum atomic E-state index is 11.4. The molecule has 3 N–H and O–H groups in total. The molecule has 1 unspecified atom stereocenters. The molecule has 0 bridgehead atoms. The minimum absolute atomic E-state index is 0.0453. The van der Waals surface area contributed by atoms with Gasteiger partial charge in [0.25, 0.3) is 0 Å². The quantitative estimate of drug-likeness (QED) is 0.742. The topological polar surface area (TPSA) is 69.6 Å². The minimum atomic E-state index is -0.923. The maximum Gasteiger partial charge on any atom is 0.220 e. The Balaban J connectivity index is 2.38. The van der Waals surface area contributed by atoms with Crippen LogP contribution in [0.25, 0.3) is 0 Å². The molecule has 0 radical (unpaired) electrons. The number of hydrogen-bond donors (Lipinski definition) is 3. The molecular formula is C12H15Cl2NO3. The Labute approximate surface area is 116 Å². The second kappa shape index (κ2) is 7.59. The zero-order chi connectivity index (χ0) is 13.5. The Morgan fingerprint density at radius 2 is 2.11 bits per heavy atom. The number of aliphatic hydroxyl groups is 2. The number of nitrogens with one attached hydrogen (secondary N) is 1. The van der Waals surface area contributed by atoms with Gasteiger partial charge >= 0.3 is 0 Å². The van der Waals surface area contributed by atoms with E-state index < -0.39 is 6.10 Å². The summed E-state index contributed by atoms with van der Waals surface area (Å²) in [5, 5.41) is 21.3. The summed E-state index contributed by atoms with van der Waals surface area (Å²) in [5.74, 6) is -0.200. The molecule has 1 rings (SSSR count). The summed E-state index contributed by atoms with van der Waals surface area (Å²) in [5.41, 5.74) is 0.846. The van der Waals surface area contributed by atoms with Gasteiger partial charge < -0.3 is 15.5 Å². The van der Waals surface area contributed by atoms with E-state index in [1.165, 1.54) is 0 Å². The average Bonchev–Trinajstić information content (AvgIpc) is 2.34. The number of amides is 1. The molecule has 0 aliphatic rings. The van der Waals surface area contributed by atoms with Crippen LogP contribution in [0, 0.1) is 0 Å². The Kier molecular flexibility index (Phi) is 6.43. The first kappa shape index (κ1) is 15.2. The molecule has 6 heteroatoms. The van der Waals surface area contributed by atoms with Crippen LogP contribution in [0.1, 0.15) is 12.0 Å². The summed E-state index contributed by atoms with van der Waals surface area (Å²) < 4.78 is 0. The fraction of sp³-hybridized carbons (Fsp3) is 0.417. The second-order valence-electron chi connectivity index (χ2n) is 3.88. The predicted molar refractivity (Wildman–Crippen MR) is 70.9 cm³/mol. The number of hydrogen-bond acceptors (Lipinski definition) is 3. The zero-order valence-corrected chi connectivity index (χ0v) is 11.2. The van der Waals surface area contributed by atoms with Crippen molar-refractivity contribution in [2.45, 2.75) is 18.9 Å². The van der Waals surface area contributed by atoms with E-state index in [0.29, 0.717) is 16.5 Å². The van der Waals surface area contributed by atoms with Crippen molar-refractivity contribution in [1.82, 2.24) is 5.32 Å². The van der Waals surface area contributed by atoms with Crippen molar-refractivity contribution in [3.63, 3.8) is 0 Å². The van der Waals surface area contributed by atoms with E-state index >= 15 is 0 Å². The van der Waals surface area contributed by atoms with Gasteiger partial charge in [0.1, 0.15) is 0 Å².